The van der Waals surface area contributed by atoms with Crippen LogP contribution in [0.2, 0.25) is 0 Å². The highest BCUT2D eigenvalue weighted by Crippen LogP contribution is 2.80. The molecule has 0 radical (unpaired) electrons. The van der Waals surface area contributed by atoms with Gasteiger partial charge in [0.2, 0.25) is 0 Å². The monoisotopic (exact) mass is 993 g/mol. The van der Waals surface area contributed by atoms with Crippen molar-refractivity contribution in [3.63, 3.8) is 0 Å². The summed E-state index contributed by atoms with van der Waals surface area (Å²) in [5, 5.41) is 2.21. The molecule has 11 aromatic carbocycles. The summed E-state index contributed by atoms with van der Waals surface area (Å²) in [6.45, 7) is 2.04. The number of fused-ring (bicyclic) bond motifs is 9. The molecular weight excluding hydrogens is 942 g/mol. The summed E-state index contributed by atoms with van der Waals surface area (Å²) < 4.78 is 6.94. The molecule has 12 aromatic rings. The van der Waals surface area contributed by atoms with Gasteiger partial charge in [0, 0.05) is 75.6 Å². The topological polar surface area (TPSA) is 22.9 Å². The maximum atomic E-state index is 6.94. The van der Waals surface area contributed by atoms with E-state index in [1.54, 1.807) is 0 Å². The predicted molar refractivity (Wildman–Crippen MR) is 320 cm³/mol. The minimum absolute atomic E-state index is 0.243. The Kier molecular flexibility index (Phi) is 10.5. The fourth-order valence-corrected chi connectivity index (χ4v) is 17.0. The standard InChI is InChI=1S/C70H52BN3OS/c1-2-3-24-48-41-42-61(57(43-48)49-25-9-4-10-26-49)73-63-46-58-55-35-19-21-38-65(55)75-66(58)47-60(63)71-69-59(44-52(45-64(69)73)72(50-27-11-5-12-28-50)51-29-13-6-14-30-51)56-36-23-40-68-70(56)74(71)62-37-20-22-39-67(62)76(68,53-31-15-7-16-32-53)54-33-17-8-18-34-54/h4-23,25-47H,2-3,24H2,1H3. The molecule has 0 spiro atoms. The van der Waals surface area contributed by atoms with E-state index in [9.17, 15) is 0 Å². The van der Waals surface area contributed by atoms with Crippen LogP contribution in [0.25, 0.3) is 44.2 Å². The molecular formula is C70H52BN3OS. The van der Waals surface area contributed by atoms with E-state index in [0.717, 1.165) is 75.3 Å². The minimum Gasteiger partial charge on any atom is -0.456 e. The number of benzene rings is 11. The summed E-state index contributed by atoms with van der Waals surface area (Å²) in [6.07, 6.45) is 3.29. The third-order valence-electron chi connectivity index (χ3n) is 16.0. The smallest absolute Gasteiger partial charge is 0.333 e. The van der Waals surface area contributed by atoms with Crippen molar-refractivity contribution in [3.05, 3.63) is 266 Å². The summed E-state index contributed by atoms with van der Waals surface area (Å²) in [6, 6.07) is 97.5. The quantitative estimate of drug-likeness (QED) is 0.127. The van der Waals surface area contributed by atoms with Crippen molar-refractivity contribution in [1.82, 2.24) is 0 Å². The molecule has 4 heterocycles. The van der Waals surface area contributed by atoms with E-state index >= 15 is 0 Å². The van der Waals surface area contributed by atoms with Gasteiger partial charge in [0.05, 0.1) is 11.4 Å². The van der Waals surface area contributed by atoms with Crippen LogP contribution in [0.3, 0.4) is 0 Å². The molecule has 0 unspecified atom stereocenters. The number of furan rings is 1. The van der Waals surface area contributed by atoms with Crippen LogP contribution in [0.1, 0.15) is 25.3 Å². The van der Waals surface area contributed by atoms with Gasteiger partial charge < -0.3 is 19.0 Å². The van der Waals surface area contributed by atoms with Gasteiger partial charge in [-0.15, -0.1) is 10.0 Å². The molecule has 0 N–H and O–H groups in total. The molecule has 0 bridgehead atoms. The van der Waals surface area contributed by atoms with E-state index < -0.39 is 10.0 Å². The number of anilines is 8. The van der Waals surface area contributed by atoms with Crippen molar-refractivity contribution in [1.29, 1.82) is 0 Å². The van der Waals surface area contributed by atoms with Gasteiger partial charge in [0.25, 0.3) is 0 Å². The van der Waals surface area contributed by atoms with E-state index in [1.807, 2.05) is 0 Å². The highest BCUT2D eigenvalue weighted by atomic mass is 32.3. The number of unbranched alkanes of at least 4 members (excludes halogenated alkanes) is 1. The molecule has 0 amide bonds. The number of hydrogen-bond donors (Lipinski definition) is 0. The van der Waals surface area contributed by atoms with Crippen LogP contribution in [0, 0.1) is 0 Å². The Labute approximate surface area is 446 Å². The van der Waals surface area contributed by atoms with Gasteiger partial charge in [0.15, 0.2) is 0 Å². The Bertz CT molecular complexity index is 4110. The fraction of sp³-hybridized carbons (Fsp3) is 0.0571. The van der Waals surface area contributed by atoms with Crippen LogP contribution in [-0.4, -0.2) is 6.85 Å². The normalized spacial score (nSPS) is 13.9. The average molecular weight is 994 g/mol. The Morgan fingerprint density at radius 1 is 0.447 bits per heavy atom. The third-order valence-corrected chi connectivity index (χ3v) is 19.9. The average Bonchev–Trinajstić information content (AvgIpc) is 3.95. The van der Waals surface area contributed by atoms with Crippen molar-refractivity contribution >= 4 is 95.2 Å². The lowest BCUT2D eigenvalue weighted by Crippen LogP contribution is -2.62. The predicted octanol–water partition coefficient (Wildman–Crippen LogP) is 18.4. The maximum Gasteiger partial charge on any atom is 0.333 e. The Morgan fingerprint density at radius 2 is 1.08 bits per heavy atom. The Morgan fingerprint density at radius 3 is 1.79 bits per heavy atom. The zero-order chi connectivity index (χ0) is 50.3. The van der Waals surface area contributed by atoms with Crippen molar-refractivity contribution in [2.75, 3.05) is 14.6 Å². The molecule has 0 atom stereocenters. The van der Waals surface area contributed by atoms with Crippen LogP contribution in [0.5, 0.6) is 0 Å². The van der Waals surface area contributed by atoms with Gasteiger partial charge in [-0.05, 0) is 150 Å². The van der Waals surface area contributed by atoms with E-state index in [2.05, 4.69) is 282 Å². The molecule has 0 aliphatic carbocycles. The zero-order valence-electron chi connectivity index (χ0n) is 42.2. The highest BCUT2D eigenvalue weighted by Gasteiger charge is 2.52. The maximum absolute atomic E-state index is 6.94. The van der Waals surface area contributed by atoms with Crippen molar-refractivity contribution < 1.29 is 4.42 Å². The Balaban J connectivity index is 1.12. The summed E-state index contributed by atoms with van der Waals surface area (Å²) >= 11 is 0. The first-order valence-corrected chi connectivity index (χ1v) is 28.3. The number of rotatable bonds is 10. The number of para-hydroxylation sites is 5. The minimum atomic E-state index is -2.06. The summed E-state index contributed by atoms with van der Waals surface area (Å²) in [5.41, 5.74) is 19.6. The lowest BCUT2D eigenvalue weighted by molar-refractivity contribution is 0.669. The van der Waals surface area contributed by atoms with Gasteiger partial charge in [-0.1, -0.05) is 165 Å². The van der Waals surface area contributed by atoms with Crippen molar-refractivity contribution in [2.24, 2.45) is 0 Å². The van der Waals surface area contributed by atoms with Crippen LogP contribution in [0.15, 0.2) is 285 Å². The SMILES string of the molecule is CCCCc1ccc(N2c3cc4c(cc3B3c5c(cc(N(c6ccccc6)c6ccccc6)cc52)-c2cccc5c2N3c2ccccc2S5(c2ccccc2)c2ccccc2)oc2ccccc24)c(-c2ccccc2)c1. The first-order valence-electron chi connectivity index (χ1n) is 26.7. The zero-order valence-corrected chi connectivity index (χ0v) is 43.0. The molecule has 362 valence electrons. The van der Waals surface area contributed by atoms with Crippen LogP contribution >= 0.6 is 10.0 Å². The molecule has 15 rings (SSSR count). The molecule has 3 aliphatic heterocycles. The summed E-state index contributed by atoms with van der Waals surface area (Å²) in [7, 11) is -2.06. The summed E-state index contributed by atoms with van der Waals surface area (Å²) in [5.74, 6) is 0. The van der Waals surface area contributed by atoms with Crippen molar-refractivity contribution in [2.45, 2.75) is 45.8 Å². The number of aryl methyl sites for hydroxylation is 1. The van der Waals surface area contributed by atoms with Gasteiger partial charge in [-0.3, -0.25) is 0 Å². The van der Waals surface area contributed by atoms with Crippen molar-refractivity contribution in [3.8, 4) is 22.3 Å². The van der Waals surface area contributed by atoms with Gasteiger partial charge in [-0.25, -0.2) is 0 Å². The van der Waals surface area contributed by atoms with E-state index in [1.165, 1.54) is 69.7 Å². The Hall–Kier alpha value is -8.97. The van der Waals surface area contributed by atoms with E-state index in [-0.39, 0.29) is 6.85 Å². The molecule has 4 nitrogen and oxygen atoms in total. The number of hydrogen-bond acceptors (Lipinski definition) is 4. The molecule has 3 aliphatic rings. The third kappa shape index (κ3) is 6.66. The molecule has 6 heteroatoms. The second kappa shape index (κ2) is 17.9. The second-order valence-electron chi connectivity index (χ2n) is 20.2. The highest BCUT2D eigenvalue weighted by molar-refractivity contribution is 8.34. The van der Waals surface area contributed by atoms with Crippen LogP contribution in [-0.2, 0) is 6.42 Å². The van der Waals surface area contributed by atoms with Gasteiger partial charge in [0.1, 0.15) is 11.2 Å². The van der Waals surface area contributed by atoms with Gasteiger partial charge in [-0.2, -0.15) is 0 Å². The molecule has 0 fully saturated rings. The molecule has 1 aromatic heterocycles. The first-order chi connectivity index (χ1) is 37.7. The summed E-state index contributed by atoms with van der Waals surface area (Å²) in [4.78, 5) is 13.1. The molecule has 76 heavy (non-hydrogen) atoms. The fourth-order valence-electron chi connectivity index (χ4n) is 12.8. The van der Waals surface area contributed by atoms with Crippen LogP contribution in [0.4, 0.5) is 45.5 Å². The first kappa shape index (κ1) is 44.5. The molecule has 0 saturated carbocycles. The lowest BCUT2D eigenvalue weighted by Gasteiger charge is -2.55. The second-order valence-corrected chi connectivity index (χ2v) is 23.3. The largest absolute Gasteiger partial charge is 0.456 e. The van der Waals surface area contributed by atoms with E-state index in [4.69, 9.17) is 4.42 Å². The van der Waals surface area contributed by atoms with E-state index in [0.29, 0.717) is 0 Å². The number of nitrogens with zero attached hydrogens (tertiary/aromatic N) is 3. The van der Waals surface area contributed by atoms with Crippen LogP contribution < -0.4 is 25.5 Å². The molecule has 0 saturated heterocycles. The lowest BCUT2D eigenvalue weighted by atomic mass is 9.43. The van der Waals surface area contributed by atoms with Gasteiger partial charge >= 0.3 is 6.85 Å².